The Bertz CT molecular complexity index is 1340. The Balaban J connectivity index is 1.12. The van der Waals surface area contributed by atoms with Crippen LogP contribution in [-0.2, 0) is 6.42 Å². The molecule has 2 heterocycles. The first-order valence-corrected chi connectivity index (χ1v) is 13.4. The third-order valence-corrected chi connectivity index (χ3v) is 7.94. The molecule has 2 fully saturated rings. The van der Waals surface area contributed by atoms with E-state index in [1.54, 1.807) is 11.0 Å². The molecule has 2 amide bonds. The largest absolute Gasteiger partial charge is 0.371 e. The van der Waals surface area contributed by atoms with Gasteiger partial charge in [-0.1, -0.05) is 41.4 Å². The Morgan fingerprint density at radius 3 is 2.32 bits per heavy atom. The maximum Gasteiger partial charge on any atom is 0.258 e. The Morgan fingerprint density at radius 1 is 0.868 bits per heavy atom. The van der Waals surface area contributed by atoms with Crippen LogP contribution < -0.4 is 10.2 Å². The summed E-state index contributed by atoms with van der Waals surface area (Å²) in [5, 5.41) is 2.92. The maximum atomic E-state index is 14.2. The molecule has 2 unspecified atom stereocenters. The molecule has 0 saturated carbocycles. The summed E-state index contributed by atoms with van der Waals surface area (Å²) in [6.07, 6.45) is 1.55. The number of amides is 2. The second-order valence-electron chi connectivity index (χ2n) is 9.89. The van der Waals surface area contributed by atoms with Crippen molar-refractivity contribution < 1.29 is 18.4 Å². The maximum absolute atomic E-state index is 14.2. The summed E-state index contributed by atoms with van der Waals surface area (Å²) < 4.78 is 27.6. The minimum Gasteiger partial charge on any atom is -0.371 e. The first-order valence-electron chi connectivity index (χ1n) is 12.6. The predicted molar refractivity (Wildman–Crippen MR) is 145 cm³/mol. The van der Waals surface area contributed by atoms with Crippen LogP contribution in [0.25, 0.3) is 0 Å². The van der Waals surface area contributed by atoms with E-state index >= 15 is 0 Å². The van der Waals surface area contributed by atoms with Crippen molar-refractivity contribution in [1.29, 1.82) is 0 Å². The molecule has 198 valence electrons. The minimum absolute atomic E-state index is 0.0450. The van der Waals surface area contributed by atoms with Crippen molar-refractivity contribution in [2.24, 2.45) is 11.8 Å². The summed E-state index contributed by atoms with van der Waals surface area (Å²) in [5.41, 5.74) is 2.59. The van der Waals surface area contributed by atoms with Crippen molar-refractivity contribution in [3.63, 3.8) is 0 Å². The zero-order valence-corrected chi connectivity index (χ0v) is 22.1. The van der Waals surface area contributed by atoms with E-state index in [0.717, 1.165) is 31.6 Å². The first-order chi connectivity index (χ1) is 18.3. The summed E-state index contributed by atoms with van der Waals surface area (Å²) in [5.74, 6) is -1.12. The monoisotopic (exact) mass is 557 g/mol. The Morgan fingerprint density at radius 2 is 1.61 bits per heavy atom. The van der Waals surface area contributed by atoms with Gasteiger partial charge in [0.1, 0.15) is 11.6 Å². The van der Waals surface area contributed by atoms with Gasteiger partial charge in [0.25, 0.3) is 11.8 Å². The van der Waals surface area contributed by atoms with Gasteiger partial charge in [0.05, 0.1) is 15.6 Å². The first kappa shape index (κ1) is 26.4. The lowest BCUT2D eigenvalue weighted by atomic mass is 10.0. The fourth-order valence-electron chi connectivity index (χ4n) is 5.37. The molecule has 38 heavy (non-hydrogen) atoms. The number of likely N-dealkylation sites (tertiary alicyclic amines) is 1. The third kappa shape index (κ3) is 5.64. The minimum atomic E-state index is -0.586. The molecular weight excluding hydrogens is 531 g/mol. The number of hydrogen-bond donors (Lipinski definition) is 1. The van der Waals surface area contributed by atoms with Gasteiger partial charge < -0.3 is 15.1 Å². The number of carbonyl (C=O) groups excluding carboxylic acids is 2. The highest BCUT2D eigenvalue weighted by molar-refractivity contribution is 6.33. The molecule has 2 atom stereocenters. The fourth-order valence-corrected chi connectivity index (χ4v) is 5.80. The summed E-state index contributed by atoms with van der Waals surface area (Å²) in [6, 6.07) is 16.6. The zero-order chi connectivity index (χ0) is 26.8. The molecule has 0 aromatic heterocycles. The van der Waals surface area contributed by atoms with Gasteiger partial charge in [-0.25, -0.2) is 8.78 Å². The van der Waals surface area contributed by atoms with Crippen LogP contribution in [0.2, 0.25) is 10.0 Å². The lowest BCUT2D eigenvalue weighted by Crippen LogP contribution is -2.34. The fraction of sp³-hybridized carbons (Fsp3) is 0.310. The Kier molecular flexibility index (Phi) is 7.86. The van der Waals surface area contributed by atoms with Gasteiger partial charge in [-0.3, -0.25) is 9.59 Å². The second-order valence-corrected chi connectivity index (χ2v) is 10.7. The zero-order valence-electron chi connectivity index (χ0n) is 20.6. The van der Waals surface area contributed by atoms with E-state index in [1.165, 1.54) is 35.9 Å². The van der Waals surface area contributed by atoms with E-state index in [0.29, 0.717) is 37.0 Å². The van der Waals surface area contributed by atoms with Crippen LogP contribution in [0, 0.1) is 23.5 Å². The second kappa shape index (κ2) is 11.3. The molecule has 2 aliphatic rings. The van der Waals surface area contributed by atoms with Crippen molar-refractivity contribution in [3.8, 4) is 0 Å². The van der Waals surface area contributed by atoms with E-state index < -0.39 is 11.6 Å². The van der Waals surface area contributed by atoms with Crippen molar-refractivity contribution in [1.82, 2.24) is 10.2 Å². The van der Waals surface area contributed by atoms with E-state index in [1.807, 2.05) is 6.07 Å². The van der Waals surface area contributed by atoms with Crippen LogP contribution in [-0.4, -0.2) is 49.4 Å². The molecule has 9 heteroatoms. The molecule has 0 spiro atoms. The summed E-state index contributed by atoms with van der Waals surface area (Å²) >= 11 is 11.9. The summed E-state index contributed by atoms with van der Waals surface area (Å²) in [7, 11) is 0. The van der Waals surface area contributed by atoms with Gasteiger partial charge >= 0.3 is 0 Å². The topological polar surface area (TPSA) is 52.7 Å². The third-order valence-electron chi connectivity index (χ3n) is 7.34. The van der Waals surface area contributed by atoms with Crippen LogP contribution in [0.5, 0.6) is 0 Å². The van der Waals surface area contributed by atoms with Crippen LogP contribution in [0.15, 0.2) is 60.7 Å². The van der Waals surface area contributed by atoms with Gasteiger partial charge in [-0.05, 0) is 60.9 Å². The average molecular weight is 558 g/mol. The highest BCUT2D eigenvalue weighted by Crippen LogP contribution is 2.35. The van der Waals surface area contributed by atoms with Crippen LogP contribution in [0.1, 0.15) is 32.7 Å². The molecule has 3 aromatic carbocycles. The van der Waals surface area contributed by atoms with Gasteiger partial charge in [-0.2, -0.15) is 0 Å². The number of anilines is 1. The number of carbonyl (C=O) groups is 2. The number of hydrogen-bond acceptors (Lipinski definition) is 3. The van der Waals surface area contributed by atoms with Crippen LogP contribution in [0.3, 0.4) is 0 Å². The molecule has 1 N–H and O–H groups in total. The Labute approximate surface area is 230 Å². The summed E-state index contributed by atoms with van der Waals surface area (Å²) in [4.78, 5) is 29.3. The number of halogens is 4. The molecule has 5 rings (SSSR count). The molecule has 0 bridgehead atoms. The number of fused-ring (bicyclic) bond motifs is 1. The Hall–Kier alpha value is -3.16. The molecule has 5 nitrogen and oxygen atoms in total. The van der Waals surface area contributed by atoms with E-state index in [2.05, 4.69) is 28.4 Å². The molecule has 0 radical (unpaired) electrons. The molecule has 0 aliphatic carbocycles. The number of benzene rings is 3. The molecule has 3 aromatic rings. The summed E-state index contributed by atoms with van der Waals surface area (Å²) in [6.45, 7) is 3.33. The highest BCUT2D eigenvalue weighted by atomic mass is 35.5. The molecular formula is C29H27Cl2F2N3O2. The van der Waals surface area contributed by atoms with E-state index in [9.17, 15) is 18.4 Å². The molecule has 2 saturated heterocycles. The van der Waals surface area contributed by atoms with Crippen LogP contribution >= 0.6 is 23.2 Å². The number of rotatable bonds is 7. The van der Waals surface area contributed by atoms with Gasteiger partial charge in [-0.15, -0.1) is 0 Å². The quantitative estimate of drug-likeness (QED) is 0.371. The van der Waals surface area contributed by atoms with E-state index in [-0.39, 0.29) is 27.4 Å². The predicted octanol–water partition coefficient (Wildman–Crippen LogP) is 5.84. The van der Waals surface area contributed by atoms with Crippen molar-refractivity contribution >= 4 is 40.7 Å². The number of aryl methyl sites for hydroxylation is 1. The molecule has 2 aliphatic heterocycles. The normalized spacial score (nSPS) is 18.5. The average Bonchev–Trinajstić information content (AvgIpc) is 3.48. The van der Waals surface area contributed by atoms with Crippen molar-refractivity contribution in [2.75, 3.05) is 37.6 Å². The van der Waals surface area contributed by atoms with Crippen molar-refractivity contribution in [2.45, 2.75) is 12.8 Å². The smallest absolute Gasteiger partial charge is 0.258 e. The van der Waals surface area contributed by atoms with E-state index in [4.69, 9.17) is 23.2 Å². The van der Waals surface area contributed by atoms with Crippen LogP contribution in [0.4, 0.5) is 14.5 Å². The SMILES string of the molecule is O=C(NCCCc1cccc(N2CC3CN(C(=O)c4c(F)cccc4Cl)CC3C2)c1)c1ccc(F)c(Cl)c1. The number of nitrogens with one attached hydrogen (secondary N) is 1. The number of nitrogens with zero attached hydrogens (tertiary/aromatic N) is 2. The van der Waals surface area contributed by atoms with Gasteiger partial charge in [0.2, 0.25) is 0 Å². The van der Waals surface area contributed by atoms with Gasteiger partial charge in [0.15, 0.2) is 0 Å². The lowest BCUT2D eigenvalue weighted by Gasteiger charge is -2.24. The standard InChI is InChI=1S/C29H27Cl2F2N3O2/c30-23-7-2-8-26(33)27(23)29(38)36-16-20-14-35(15-21(20)17-36)22-6-1-4-18(12-22)5-3-11-34-28(37)19-9-10-25(32)24(31)13-19/h1-2,4,6-10,12-13,20-21H,3,5,11,14-17H2,(H,34,37). The highest BCUT2D eigenvalue weighted by Gasteiger charge is 2.42. The lowest BCUT2D eigenvalue weighted by molar-refractivity contribution is 0.0777. The van der Waals surface area contributed by atoms with Crippen molar-refractivity contribution in [3.05, 3.63) is 99.0 Å². The van der Waals surface area contributed by atoms with Gasteiger partial charge in [0, 0.05) is 55.8 Å².